The number of nitrogens with one attached hydrogen (secondary N) is 3. The third-order valence-electron chi connectivity index (χ3n) is 8.08. The van der Waals surface area contributed by atoms with Gasteiger partial charge in [-0.2, -0.15) is 0 Å². The second-order valence-electron chi connectivity index (χ2n) is 12.4. The summed E-state index contributed by atoms with van der Waals surface area (Å²) in [6.07, 6.45) is 2.66. The molecular formula is C32H43FN4O4. The van der Waals surface area contributed by atoms with E-state index in [1.54, 1.807) is 18.2 Å². The zero-order chi connectivity index (χ0) is 29.7. The Morgan fingerprint density at radius 3 is 2.41 bits per heavy atom. The van der Waals surface area contributed by atoms with Crippen LogP contribution in [0.25, 0.3) is 11.1 Å². The number of rotatable bonds is 8. The van der Waals surface area contributed by atoms with Crippen LogP contribution in [0.15, 0.2) is 48.5 Å². The Hall–Kier alpha value is -3.30. The van der Waals surface area contributed by atoms with E-state index in [-0.39, 0.29) is 48.6 Å². The fourth-order valence-electron chi connectivity index (χ4n) is 5.70. The maximum absolute atomic E-state index is 14.2. The summed E-state index contributed by atoms with van der Waals surface area (Å²) in [5.74, 6) is -1.25. The molecule has 9 heteroatoms. The summed E-state index contributed by atoms with van der Waals surface area (Å²) in [6, 6.07) is 11.9. The van der Waals surface area contributed by atoms with Gasteiger partial charge in [-0.15, -0.1) is 0 Å². The molecule has 0 saturated carbocycles. The Kier molecular flexibility index (Phi) is 9.81. The number of β-amino-alcohol motifs (C(OH)–C–C–N with tert-alkyl or cyclic N) is 1. The molecule has 2 aromatic carbocycles. The van der Waals surface area contributed by atoms with E-state index in [1.165, 1.54) is 11.0 Å². The molecule has 4 rings (SSSR count). The largest absolute Gasteiger partial charge is 0.391 e. The van der Waals surface area contributed by atoms with Crippen LogP contribution in [0.1, 0.15) is 71.4 Å². The van der Waals surface area contributed by atoms with E-state index in [0.29, 0.717) is 12.0 Å². The first-order chi connectivity index (χ1) is 19.4. The zero-order valence-corrected chi connectivity index (χ0v) is 24.5. The molecule has 2 aromatic rings. The number of amides is 3. The Bertz CT molecular complexity index is 1220. The maximum Gasteiger partial charge on any atom is 0.246 e. The molecule has 222 valence electrons. The average Bonchev–Trinajstić information content (AvgIpc) is 3.33. The van der Waals surface area contributed by atoms with Crippen molar-refractivity contribution in [3.8, 4) is 11.1 Å². The maximum atomic E-state index is 14.2. The highest BCUT2D eigenvalue weighted by atomic mass is 19.1. The topological polar surface area (TPSA) is 111 Å². The number of carbonyl (C=O) groups excluding carboxylic acids is 3. The molecule has 2 fully saturated rings. The Morgan fingerprint density at radius 2 is 1.78 bits per heavy atom. The molecule has 8 nitrogen and oxygen atoms in total. The lowest BCUT2D eigenvalue weighted by Crippen LogP contribution is -2.58. The minimum atomic E-state index is -0.862. The smallest absolute Gasteiger partial charge is 0.246 e. The van der Waals surface area contributed by atoms with E-state index in [1.807, 2.05) is 52.0 Å². The monoisotopic (exact) mass is 566 g/mol. The average molecular weight is 567 g/mol. The molecule has 0 unspecified atom stereocenters. The van der Waals surface area contributed by atoms with Crippen LogP contribution in [-0.2, 0) is 14.4 Å². The number of hydrogen-bond acceptors (Lipinski definition) is 5. The van der Waals surface area contributed by atoms with Crippen LogP contribution in [0, 0.1) is 11.2 Å². The summed E-state index contributed by atoms with van der Waals surface area (Å²) in [7, 11) is 0. The number of nitrogens with zero attached hydrogens (tertiary/aromatic N) is 1. The normalized spacial score (nSPS) is 22.6. The molecule has 2 saturated heterocycles. The summed E-state index contributed by atoms with van der Waals surface area (Å²) in [6.45, 7) is 8.38. The van der Waals surface area contributed by atoms with Gasteiger partial charge in [-0.25, -0.2) is 4.39 Å². The minimum absolute atomic E-state index is 0.0231. The van der Waals surface area contributed by atoms with Crippen molar-refractivity contribution >= 4 is 17.7 Å². The fraction of sp³-hybridized carbons (Fsp3) is 0.531. The number of piperidine rings is 1. The van der Waals surface area contributed by atoms with Crippen LogP contribution < -0.4 is 16.0 Å². The van der Waals surface area contributed by atoms with Crippen LogP contribution in [0.2, 0.25) is 0 Å². The van der Waals surface area contributed by atoms with E-state index in [2.05, 4.69) is 16.0 Å². The lowest BCUT2D eigenvalue weighted by atomic mass is 9.85. The van der Waals surface area contributed by atoms with Gasteiger partial charge in [0.05, 0.1) is 12.1 Å². The van der Waals surface area contributed by atoms with Crippen molar-refractivity contribution in [3.05, 3.63) is 59.9 Å². The molecule has 0 aliphatic carbocycles. The van der Waals surface area contributed by atoms with Crippen LogP contribution in [0.4, 0.5) is 4.39 Å². The van der Waals surface area contributed by atoms with Gasteiger partial charge in [0.25, 0.3) is 0 Å². The van der Waals surface area contributed by atoms with E-state index in [4.69, 9.17) is 0 Å². The molecule has 0 aromatic heterocycles. The summed E-state index contributed by atoms with van der Waals surface area (Å²) in [5, 5.41) is 19.7. The van der Waals surface area contributed by atoms with Gasteiger partial charge < -0.3 is 26.0 Å². The number of carbonyl (C=O) groups is 3. The van der Waals surface area contributed by atoms with Crippen molar-refractivity contribution < 1.29 is 23.9 Å². The molecule has 2 aliphatic heterocycles. The predicted octanol–water partition coefficient (Wildman–Crippen LogP) is 3.69. The summed E-state index contributed by atoms with van der Waals surface area (Å²) >= 11 is 0. The SMILES string of the molecule is C[C@H](NC(=O)[C@@H]1C[C@@H](O)CN1C(=O)[C@@H](NC(=O)C[C@H]1CCCCN1)C(C)(C)C)c1ccc(-c2ccccc2F)cc1. The summed E-state index contributed by atoms with van der Waals surface area (Å²) in [4.78, 5) is 41.6. The first kappa shape index (κ1) is 30.7. The number of aliphatic hydroxyl groups is 1. The Morgan fingerprint density at radius 1 is 1.07 bits per heavy atom. The zero-order valence-electron chi connectivity index (χ0n) is 24.5. The number of halogens is 1. The number of hydrogen-bond donors (Lipinski definition) is 4. The van der Waals surface area contributed by atoms with Crippen molar-refractivity contribution in [1.82, 2.24) is 20.9 Å². The number of likely N-dealkylation sites (tertiary alicyclic amines) is 1. The molecule has 41 heavy (non-hydrogen) atoms. The standard InChI is InChI=1S/C32H43FN4O4/c1-20(21-12-14-22(15-13-21)25-10-5-6-11-26(25)33)35-30(40)27-18-24(38)19-37(27)31(41)29(32(2,3)4)36-28(39)17-23-9-7-8-16-34-23/h5-6,10-15,20,23-24,27,29,34,38H,7-9,16-19H2,1-4H3,(H,35,40)(H,36,39)/t20-,23+,24+,27-,29+/m0/s1. The molecule has 0 radical (unpaired) electrons. The van der Waals surface area contributed by atoms with Crippen molar-refractivity contribution in [3.63, 3.8) is 0 Å². The first-order valence-corrected chi connectivity index (χ1v) is 14.6. The highest BCUT2D eigenvalue weighted by molar-refractivity contribution is 5.93. The molecule has 4 N–H and O–H groups in total. The Balaban J connectivity index is 1.42. The second kappa shape index (κ2) is 13.1. The quantitative estimate of drug-likeness (QED) is 0.390. The number of aliphatic hydroxyl groups excluding tert-OH is 1. The van der Waals surface area contributed by atoms with Gasteiger partial charge >= 0.3 is 0 Å². The molecular weight excluding hydrogens is 523 g/mol. The van der Waals surface area contributed by atoms with Crippen molar-refractivity contribution in [2.24, 2.45) is 5.41 Å². The van der Waals surface area contributed by atoms with Gasteiger partial charge in [0.2, 0.25) is 17.7 Å². The van der Waals surface area contributed by atoms with Gasteiger partial charge in [0.15, 0.2) is 0 Å². The third-order valence-corrected chi connectivity index (χ3v) is 8.08. The third kappa shape index (κ3) is 7.71. The van der Waals surface area contributed by atoms with Crippen LogP contribution in [0.5, 0.6) is 0 Å². The molecule has 2 aliphatic rings. The van der Waals surface area contributed by atoms with E-state index in [9.17, 15) is 23.9 Å². The van der Waals surface area contributed by atoms with E-state index < -0.39 is 23.6 Å². The lowest BCUT2D eigenvalue weighted by Gasteiger charge is -2.36. The van der Waals surface area contributed by atoms with Gasteiger partial charge in [0, 0.05) is 31.0 Å². The predicted molar refractivity (Wildman–Crippen MR) is 156 cm³/mol. The second-order valence-corrected chi connectivity index (χ2v) is 12.4. The van der Waals surface area contributed by atoms with Gasteiger partial charge in [-0.3, -0.25) is 14.4 Å². The molecule has 0 bridgehead atoms. The molecule has 5 atom stereocenters. The highest BCUT2D eigenvalue weighted by Gasteiger charge is 2.44. The first-order valence-electron chi connectivity index (χ1n) is 14.6. The van der Waals surface area contributed by atoms with Gasteiger partial charge in [-0.1, -0.05) is 69.7 Å². The molecule has 3 amide bonds. The van der Waals surface area contributed by atoms with Crippen molar-refractivity contribution in [2.45, 2.75) is 90.1 Å². The van der Waals surface area contributed by atoms with Gasteiger partial charge in [0.1, 0.15) is 17.9 Å². The molecule has 2 heterocycles. The number of benzene rings is 2. The van der Waals surface area contributed by atoms with Gasteiger partial charge in [-0.05, 0) is 48.9 Å². The van der Waals surface area contributed by atoms with Crippen molar-refractivity contribution in [2.75, 3.05) is 13.1 Å². The molecule has 0 spiro atoms. The van der Waals surface area contributed by atoms with Crippen LogP contribution >= 0.6 is 0 Å². The van der Waals surface area contributed by atoms with Crippen molar-refractivity contribution in [1.29, 1.82) is 0 Å². The summed E-state index contributed by atoms with van der Waals surface area (Å²) in [5.41, 5.74) is 1.45. The highest BCUT2D eigenvalue weighted by Crippen LogP contribution is 2.28. The van der Waals surface area contributed by atoms with Crippen LogP contribution in [-0.4, -0.2) is 65.0 Å². The summed E-state index contributed by atoms with van der Waals surface area (Å²) < 4.78 is 14.2. The van der Waals surface area contributed by atoms with E-state index >= 15 is 0 Å². The van der Waals surface area contributed by atoms with E-state index in [0.717, 1.165) is 36.9 Å². The Labute approximate surface area is 242 Å². The minimum Gasteiger partial charge on any atom is -0.391 e. The lowest BCUT2D eigenvalue weighted by molar-refractivity contribution is -0.144. The van der Waals surface area contributed by atoms with Crippen LogP contribution in [0.3, 0.4) is 0 Å². The fourth-order valence-corrected chi connectivity index (χ4v) is 5.70.